The predicted octanol–water partition coefficient (Wildman–Crippen LogP) is 1.07. The lowest BCUT2D eigenvalue weighted by Gasteiger charge is -1.82. The molecule has 0 spiro atoms. The molecule has 0 atom stereocenters. The summed E-state index contributed by atoms with van der Waals surface area (Å²) in [6.07, 6.45) is 0. The first-order chi connectivity index (χ1) is 5.13. The Bertz CT molecular complexity index is 246. The molecule has 0 radical (unpaired) electrons. The lowest BCUT2D eigenvalue weighted by Crippen LogP contribution is -1.62. The van der Waals surface area contributed by atoms with E-state index < -0.39 is 11.0 Å². The van der Waals surface area contributed by atoms with Crippen LogP contribution >= 0.6 is 0 Å². The summed E-state index contributed by atoms with van der Waals surface area (Å²) < 4.78 is 24.2. The first-order valence-corrected chi connectivity index (χ1v) is 4.11. The highest BCUT2D eigenvalue weighted by Gasteiger charge is 1.72. The van der Waals surface area contributed by atoms with Crippen LogP contribution in [-0.2, 0) is 11.0 Å². The predicted molar refractivity (Wildman–Crippen MR) is 44.1 cm³/mol. The van der Waals surface area contributed by atoms with Crippen LogP contribution in [0.3, 0.4) is 0 Å². The van der Waals surface area contributed by atoms with E-state index in [2.05, 4.69) is 19.1 Å². The Morgan fingerprint density at radius 3 is 1.73 bits per heavy atom. The zero-order valence-electron chi connectivity index (χ0n) is 6.10. The standard InChI is InChI=1S/C7H8.H2O3S/c1-7-5-3-2-4-6-7;1-4(2)3/h2-6H,1H3;4H,(H,1,2,3). The molecular weight excluding hydrogens is 164 g/mol. The molecule has 0 aliphatic carbocycles. The molecule has 0 aliphatic rings. The topological polar surface area (TPSA) is 54.4 Å². The van der Waals surface area contributed by atoms with Crippen LogP contribution in [0.4, 0.5) is 0 Å². The van der Waals surface area contributed by atoms with Gasteiger partial charge in [0, 0.05) is 0 Å². The van der Waals surface area contributed by atoms with Crippen LogP contribution in [0.15, 0.2) is 30.3 Å². The van der Waals surface area contributed by atoms with Gasteiger partial charge in [-0.25, -0.2) is 8.42 Å². The van der Waals surface area contributed by atoms with E-state index >= 15 is 0 Å². The molecule has 1 rings (SSSR count). The maximum absolute atomic E-state index is 8.59. The summed E-state index contributed by atoms with van der Waals surface area (Å²) in [7, 11) is -3.12. The summed E-state index contributed by atoms with van der Waals surface area (Å²) in [5.74, 6) is 0. The van der Waals surface area contributed by atoms with Gasteiger partial charge in [0.2, 0.25) is 0 Å². The molecule has 0 aromatic heterocycles. The van der Waals surface area contributed by atoms with Gasteiger partial charge in [-0.2, -0.15) is 0 Å². The van der Waals surface area contributed by atoms with E-state index in [1.165, 1.54) is 5.56 Å². The minimum Gasteiger partial charge on any atom is -0.288 e. The average Bonchev–Trinajstić information content (AvgIpc) is 1.87. The number of hydrogen-bond donors (Lipinski definition) is 2. The summed E-state index contributed by atoms with van der Waals surface area (Å²) >= 11 is 0. The molecule has 0 saturated heterocycles. The molecule has 0 saturated carbocycles. The van der Waals surface area contributed by atoms with E-state index in [1.54, 1.807) is 0 Å². The molecule has 1 N–H and O–H groups in total. The van der Waals surface area contributed by atoms with Crippen molar-refractivity contribution in [2.75, 3.05) is 0 Å². The third kappa shape index (κ3) is 9.13. The number of rotatable bonds is 0. The Balaban J connectivity index is 0.000000218. The van der Waals surface area contributed by atoms with Gasteiger partial charge in [-0.1, -0.05) is 35.9 Å². The van der Waals surface area contributed by atoms with Crippen molar-refractivity contribution in [1.29, 1.82) is 0 Å². The van der Waals surface area contributed by atoms with Crippen LogP contribution in [0.1, 0.15) is 5.56 Å². The third-order valence-corrected chi connectivity index (χ3v) is 0.940. The quantitative estimate of drug-likeness (QED) is 0.457. The Morgan fingerprint density at radius 1 is 1.18 bits per heavy atom. The summed E-state index contributed by atoms with van der Waals surface area (Å²) in [6.45, 7) is 2.08. The molecule has 0 unspecified atom stereocenters. The van der Waals surface area contributed by atoms with Gasteiger partial charge in [-0.3, -0.25) is 4.55 Å². The zero-order valence-corrected chi connectivity index (χ0v) is 6.99. The second kappa shape index (κ2) is 5.88. The molecule has 62 valence electrons. The Morgan fingerprint density at radius 2 is 1.55 bits per heavy atom. The number of thiol groups is 1. The Labute approximate surface area is 67.5 Å². The fraction of sp³-hybridized carbons (Fsp3) is 0.143. The SMILES string of the molecule is Cc1ccccc1.O=[SH](=O)O. The molecule has 0 bridgehead atoms. The molecule has 0 amide bonds. The minimum atomic E-state index is -3.12. The van der Waals surface area contributed by atoms with Gasteiger partial charge in [-0.05, 0) is 6.92 Å². The molecule has 1 aromatic carbocycles. The van der Waals surface area contributed by atoms with Crippen molar-refractivity contribution in [2.45, 2.75) is 6.92 Å². The van der Waals surface area contributed by atoms with Crippen molar-refractivity contribution in [3.05, 3.63) is 35.9 Å². The smallest absolute Gasteiger partial charge is 0.254 e. The van der Waals surface area contributed by atoms with E-state index in [1.807, 2.05) is 18.2 Å². The average molecular weight is 174 g/mol. The van der Waals surface area contributed by atoms with Gasteiger partial charge in [0.25, 0.3) is 11.0 Å². The van der Waals surface area contributed by atoms with Gasteiger partial charge >= 0.3 is 0 Å². The van der Waals surface area contributed by atoms with Crippen LogP contribution < -0.4 is 0 Å². The van der Waals surface area contributed by atoms with Crippen LogP contribution in [-0.4, -0.2) is 13.0 Å². The van der Waals surface area contributed by atoms with E-state index in [4.69, 9.17) is 13.0 Å². The van der Waals surface area contributed by atoms with E-state index in [0.29, 0.717) is 0 Å². The molecule has 11 heavy (non-hydrogen) atoms. The molecule has 3 nitrogen and oxygen atoms in total. The normalized spacial score (nSPS) is 8.64. The fourth-order valence-electron chi connectivity index (χ4n) is 0.534. The highest BCUT2D eigenvalue weighted by Crippen LogP contribution is 1.92. The van der Waals surface area contributed by atoms with Gasteiger partial charge in [0.05, 0.1) is 0 Å². The molecular formula is C7H10O3S. The van der Waals surface area contributed by atoms with Crippen LogP contribution in [0.2, 0.25) is 0 Å². The Hall–Kier alpha value is -0.870. The van der Waals surface area contributed by atoms with E-state index in [9.17, 15) is 0 Å². The van der Waals surface area contributed by atoms with Crippen molar-refractivity contribution in [2.24, 2.45) is 0 Å². The molecule has 1 aromatic rings. The van der Waals surface area contributed by atoms with Gasteiger partial charge < -0.3 is 0 Å². The third-order valence-electron chi connectivity index (χ3n) is 0.940. The first-order valence-electron chi connectivity index (χ1n) is 2.98. The summed E-state index contributed by atoms with van der Waals surface area (Å²) in [5, 5.41) is 0. The monoisotopic (exact) mass is 174 g/mol. The molecule has 4 heteroatoms. The van der Waals surface area contributed by atoms with Crippen molar-refractivity contribution < 1.29 is 13.0 Å². The largest absolute Gasteiger partial charge is 0.288 e. The van der Waals surface area contributed by atoms with Crippen molar-refractivity contribution in [3.63, 3.8) is 0 Å². The van der Waals surface area contributed by atoms with Crippen LogP contribution in [0.25, 0.3) is 0 Å². The van der Waals surface area contributed by atoms with E-state index in [0.717, 1.165) is 0 Å². The van der Waals surface area contributed by atoms with E-state index in [-0.39, 0.29) is 0 Å². The van der Waals surface area contributed by atoms with Gasteiger partial charge in [0.15, 0.2) is 0 Å². The van der Waals surface area contributed by atoms with Gasteiger partial charge in [0.1, 0.15) is 0 Å². The Kier molecular flexibility index (Phi) is 5.42. The second-order valence-corrected chi connectivity index (χ2v) is 2.37. The zero-order chi connectivity index (χ0) is 8.69. The van der Waals surface area contributed by atoms with Crippen molar-refractivity contribution >= 4 is 11.0 Å². The fourth-order valence-corrected chi connectivity index (χ4v) is 0.534. The molecule has 0 heterocycles. The summed E-state index contributed by atoms with van der Waals surface area (Å²) in [6, 6.07) is 10.3. The number of aryl methyl sites for hydroxylation is 1. The lowest BCUT2D eigenvalue weighted by molar-refractivity contribution is 0.509. The first kappa shape index (κ1) is 10.1. The van der Waals surface area contributed by atoms with Crippen molar-refractivity contribution in [1.82, 2.24) is 0 Å². The summed E-state index contributed by atoms with van der Waals surface area (Å²) in [5.41, 5.74) is 1.32. The lowest BCUT2D eigenvalue weighted by atomic mass is 10.2. The van der Waals surface area contributed by atoms with Crippen molar-refractivity contribution in [3.8, 4) is 0 Å². The second-order valence-electron chi connectivity index (χ2n) is 1.89. The highest BCUT2D eigenvalue weighted by atomic mass is 32.2. The maximum atomic E-state index is 8.59. The highest BCUT2D eigenvalue weighted by molar-refractivity contribution is 7.66. The summed E-state index contributed by atoms with van der Waals surface area (Å²) in [4.78, 5) is 0. The number of hydrogen-bond acceptors (Lipinski definition) is 2. The van der Waals surface area contributed by atoms with Crippen LogP contribution in [0.5, 0.6) is 0 Å². The molecule has 0 aliphatic heterocycles. The number of benzene rings is 1. The molecule has 0 fully saturated rings. The van der Waals surface area contributed by atoms with Crippen LogP contribution in [0, 0.1) is 6.92 Å². The van der Waals surface area contributed by atoms with Gasteiger partial charge in [-0.15, -0.1) is 0 Å². The minimum absolute atomic E-state index is 1.32. The maximum Gasteiger partial charge on any atom is 0.254 e.